The normalized spacial score (nSPS) is 12.5. The lowest BCUT2D eigenvalue weighted by Crippen LogP contribution is -2.37. The molecule has 0 bridgehead atoms. The summed E-state index contributed by atoms with van der Waals surface area (Å²) in [6.45, 7) is 0.148. The number of fused-ring (bicyclic) bond motifs is 2. The Kier molecular flexibility index (Phi) is 3.73. The minimum atomic E-state index is -0.449. The van der Waals surface area contributed by atoms with Crippen molar-refractivity contribution in [3.8, 4) is 34.1 Å². The molecule has 0 fully saturated rings. The molecular formula is C21H16N4O4. The number of ether oxygens (including phenoxy) is 2. The van der Waals surface area contributed by atoms with Gasteiger partial charge in [-0.05, 0) is 18.2 Å². The summed E-state index contributed by atoms with van der Waals surface area (Å²) in [7, 11) is 3.04. The van der Waals surface area contributed by atoms with E-state index in [4.69, 9.17) is 14.5 Å². The standard InChI is InChI=1S/C21H16N4O4/c1-24-19-16(20(26)25(2)21(24)27)17(13-8-9-14-15(10-13)29-11-28-14)22-18(23-19)12-6-4-3-5-7-12/h3-10H,11H2,1-2H3. The SMILES string of the molecule is Cn1c(=O)c2c(-c3ccc4c(c3)OCO4)nc(-c3ccccc3)nc2n(C)c1=O. The van der Waals surface area contributed by atoms with Gasteiger partial charge in [-0.3, -0.25) is 13.9 Å². The van der Waals surface area contributed by atoms with Crippen LogP contribution in [0.4, 0.5) is 0 Å². The Balaban J connectivity index is 1.90. The molecule has 2 aromatic heterocycles. The summed E-state index contributed by atoms with van der Waals surface area (Å²) in [5, 5.41) is 0.271. The van der Waals surface area contributed by atoms with Gasteiger partial charge >= 0.3 is 5.69 Å². The average molecular weight is 388 g/mol. The van der Waals surface area contributed by atoms with Gasteiger partial charge in [0, 0.05) is 25.2 Å². The third-order valence-corrected chi connectivity index (χ3v) is 4.98. The predicted octanol–water partition coefficient (Wildman–Crippen LogP) is 2.09. The Morgan fingerprint density at radius 1 is 0.862 bits per heavy atom. The van der Waals surface area contributed by atoms with Crippen LogP contribution in [0, 0.1) is 0 Å². The number of hydrogen-bond acceptors (Lipinski definition) is 6. The van der Waals surface area contributed by atoms with E-state index < -0.39 is 11.2 Å². The van der Waals surface area contributed by atoms with E-state index in [-0.39, 0.29) is 17.8 Å². The fourth-order valence-corrected chi connectivity index (χ4v) is 3.43. The quantitative estimate of drug-likeness (QED) is 0.523. The van der Waals surface area contributed by atoms with Crippen LogP contribution >= 0.6 is 0 Å². The van der Waals surface area contributed by atoms with E-state index in [1.54, 1.807) is 19.2 Å². The van der Waals surface area contributed by atoms with E-state index in [9.17, 15) is 9.59 Å². The predicted molar refractivity (Wildman–Crippen MR) is 107 cm³/mol. The second-order valence-corrected chi connectivity index (χ2v) is 6.73. The van der Waals surface area contributed by atoms with Crippen LogP contribution in [-0.2, 0) is 14.1 Å². The topological polar surface area (TPSA) is 88.2 Å². The molecule has 0 N–H and O–H groups in total. The van der Waals surface area contributed by atoms with Gasteiger partial charge in [-0.1, -0.05) is 30.3 Å². The smallest absolute Gasteiger partial charge is 0.332 e. The van der Waals surface area contributed by atoms with Gasteiger partial charge in [-0.25, -0.2) is 14.8 Å². The highest BCUT2D eigenvalue weighted by Gasteiger charge is 2.21. The molecule has 0 radical (unpaired) electrons. The summed E-state index contributed by atoms with van der Waals surface area (Å²) in [6, 6.07) is 14.8. The lowest BCUT2D eigenvalue weighted by Gasteiger charge is -2.12. The molecule has 29 heavy (non-hydrogen) atoms. The summed E-state index contributed by atoms with van der Waals surface area (Å²) in [4.78, 5) is 34.7. The molecule has 0 saturated carbocycles. The highest BCUT2D eigenvalue weighted by molar-refractivity contribution is 5.91. The number of benzene rings is 2. The lowest BCUT2D eigenvalue weighted by molar-refractivity contribution is 0.174. The molecule has 0 unspecified atom stereocenters. The Bertz CT molecular complexity index is 1390. The van der Waals surface area contributed by atoms with Gasteiger partial charge in [-0.2, -0.15) is 0 Å². The van der Waals surface area contributed by atoms with Gasteiger partial charge in [0.15, 0.2) is 23.0 Å². The summed E-state index contributed by atoms with van der Waals surface area (Å²) < 4.78 is 13.3. The van der Waals surface area contributed by atoms with Crippen LogP contribution in [-0.4, -0.2) is 25.9 Å². The van der Waals surface area contributed by atoms with Gasteiger partial charge < -0.3 is 9.47 Å². The zero-order chi connectivity index (χ0) is 20.1. The first kappa shape index (κ1) is 17.2. The number of rotatable bonds is 2. The van der Waals surface area contributed by atoms with Gasteiger partial charge in [-0.15, -0.1) is 0 Å². The van der Waals surface area contributed by atoms with Crippen LogP contribution in [0.2, 0.25) is 0 Å². The highest BCUT2D eigenvalue weighted by atomic mass is 16.7. The van der Waals surface area contributed by atoms with Crippen molar-refractivity contribution in [2.24, 2.45) is 14.1 Å². The molecule has 8 heteroatoms. The third kappa shape index (κ3) is 2.60. The zero-order valence-corrected chi connectivity index (χ0v) is 15.7. The molecule has 5 rings (SSSR count). The first-order valence-electron chi connectivity index (χ1n) is 8.98. The molecule has 0 saturated heterocycles. The van der Waals surface area contributed by atoms with Crippen molar-refractivity contribution >= 4 is 11.0 Å². The van der Waals surface area contributed by atoms with Crippen molar-refractivity contribution in [2.75, 3.05) is 6.79 Å². The fourth-order valence-electron chi connectivity index (χ4n) is 3.43. The Morgan fingerprint density at radius 3 is 2.41 bits per heavy atom. The monoisotopic (exact) mass is 388 g/mol. The molecule has 0 spiro atoms. The second kappa shape index (κ2) is 6.30. The Hall–Kier alpha value is -3.94. The van der Waals surface area contributed by atoms with Crippen LogP contribution in [0.5, 0.6) is 11.5 Å². The maximum atomic E-state index is 13.0. The summed E-state index contributed by atoms with van der Waals surface area (Å²) in [5.74, 6) is 1.64. The van der Waals surface area contributed by atoms with E-state index in [0.29, 0.717) is 28.6 Å². The van der Waals surface area contributed by atoms with Crippen molar-refractivity contribution in [1.29, 1.82) is 0 Å². The van der Waals surface area contributed by atoms with Crippen molar-refractivity contribution in [3.05, 3.63) is 69.4 Å². The van der Waals surface area contributed by atoms with Crippen LogP contribution in [0.3, 0.4) is 0 Å². The van der Waals surface area contributed by atoms with Crippen molar-refractivity contribution in [2.45, 2.75) is 0 Å². The van der Waals surface area contributed by atoms with E-state index >= 15 is 0 Å². The molecule has 0 atom stereocenters. The fraction of sp³-hybridized carbons (Fsp3) is 0.143. The molecule has 144 valence electrons. The lowest BCUT2D eigenvalue weighted by atomic mass is 10.1. The number of aryl methyl sites for hydroxylation is 1. The third-order valence-electron chi connectivity index (χ3n) is 4.98. The number of aromatic nitrogens is 4. The molecule has 1 aliphatic rings. The van der Waals surface area contributed by atoms with Crippen molar-refractivity contribution < 1.29 is 9.47 Å². The van der Waals surface area contributed by atoms with Crippen LogP contribution in [0.15, 0.2) is 58.1 Å². The number of nitrogens with zero attached hydrogens (tertiary/aromatic N) is 4. The first-order valence-corrected chi connectivity index (χ1v) is 8.98. The molecule has 8 nitrogen and oxygen atoms in total. The van der Waals surface area contributed by atoms with Crippen LogP contribution in [0.25, 0.3) is 33.7 Å². The van der Waals surface area contributed by atoms with E-state index in [0.717, 1.165) is 10.1 Å². The van der Waals surface area contributed by atoms with Crippen molar-refractivity contribution in [3.63, 3.8) is 0 Å². The summed E-state index contributed by atoms with van der Waals surface area (Å²) in [5.41, 5.74) is 1.27. The minimum absolute atomic E-state index is 0.148. The molecule has 2 aromatic carbocycles. The first-order chi connectivity index (χ1) is 14.0. The summed E-state index contributed by atoms with van der Waals surface area (Å²) in [6.07, 6.45) is 0. The van der Waals surface area contributed by atoms with Crippen molar-refractivity contribution in [1.82, 2.24) is 19.1 Å². The second-order valence-electron chi connectivity index (χ2n) is 6.73. The molecule has 4 aromatic rings. The van der Waals surface area contributed by atoms with E-state index in [1.165, 1.54) is 11.6 Å². The molecule has 0 aliphatic carbocycles. The van der Waals surface area contributed by atoms with Gasteiger partial charge in [0.05, 0.1) is 5.69 Å². The van der Waals surface area contributed by atoms with E-state index in [1.807, 2.05) is 36.4 Å². The highest BCUT2D eigenvalue weighted by Crippen LogP contribution is 2.37. The molecular weight excluding hydrogens is 372 g/mol. The van der Waals surface area contributed by atoms with Gasteiger partial charge in [0.25, 0.3) is 5.56 Å². The molecule has 3 heterocycles. The number of hydrogen-bond donors (Lipinski definition) is 0. The maximum Gasteiger partial charge on any atom is 0.332 e. The zero-order valence-electron chi connectivity index (χ0n) is 15.7. The molecule has 1 aliphatic heterocycles. The maximum absolute atomic E-state index is 13.0. The van der Waals surface area contributed by atoms with E-state index in [2.05, 4.69) is 4.98 Å². The Morgan fingerprint density at radius 2 is 1.62 bits per heavy atom. The van der Waals surface area contributed by atoms with Gasteiger partial charge in [0.1, 0.15) is 5.39 Å². The largest absolute Gasteiger partial charge is 0.454 e. The van der Waals surface area contributed by atoms with Crippen LogP contribution < -0.4 is 20.7 Å². The Labute approximate surface area is 164 Å². The summed E-state index contributed by atoms with van der Waals surface area (Å²) >= 11 is 0. The van der Waals surface area contributed by atoms with Gasteiger partial charge in [0.2, 0.25) is 6.79 Å². The van der Waals surface area contributed by atoms with Crippen LogP contribution in [0.1, 0.15) is 0 Å². The average Bonchev–Trinajstić information content (AvgIpc) is 3.24. The molecule has 0 amide bonds. The minimum Gasteiger partial charge on any atom is -0.454 e.